The number of fused-ring (bicyclic) bond motifs is 1. The molecule has 0 fully saturated rings. The van der Waals surface area contributed by atoms with Gasteiger partial charge in [0.1, 0.15) is 6.61 Å². The Morgan fingerprint density at radius 2 is 2.30 bits per heavy atom. The molecule has 108 valence electrons. The average molecular weight is 278 g/mol. The topological polar surface area (TPSA) is 111 Å². The van der Waals surface area contributed by atoms with Gasteiger partial charge in [0.15, 0.2) is 0 Å². The molecule has 1 aromatic rings. The maximum absolute atomic E-state index is 11.5. The van der Waals surface area contributed by atoms with Crippen LogP contribution in [0.15, 0.2) is 18.2 Å². The fourth-order valence-electron chi connectivity index (χ4n) is 2.02. The lowest BCUT2D eigenvalue weighted by atomic mass is 10.0. The maximum atomic E-state index is 11.5. The van der Waals surface area contributed by atoms with E-state index in [1.165, 1.54) is 0 Å². The second-order valence-corrected chi connectivity index (χ2v) is 4.79. The Balaban J connectivity index is 2.05. The summed E-state index contributed by atoms with van der Waals surface area (Å²) < 4.78 is 5.11. The van der Waals surface area contributed by atoms with Crippen molar-refractivity contribution in [2.45, 2.75) is 12.6 Å². The van der Waals surface area contributed by atoms with E-state index < -0.39 is 5.91 Å². The van der Waals surface area contributed by atoms with Gasteiger partial charge in [-0.1, -0.05) is 12.1 Å². The van der Waals surface area contributed by atoms with E-state index in [0.29, 0.717) is 6.54 Å². The second kappa shape index (κ2) is 5.89. The summed E-state index contributed by atoms with van der Waals surface area (Å²) in [5.74, 6) is -0.521. The lowest BCUT2D eigenvalue weighted by Gasteiger charge is -2.27. The minimum atomic E-state index is -0.521. The van der Waals surface area contributed by atoms with Crippen molar-refractivity contribution >= 4 is 17.6 Å². The van der Waals surface area contributed by atoms with Crippen LogP contribution in [-0.2, 0) is 16.1 Å². The third-order valence-corrected chi connectivity index (χ3v) is 3.09. The molecule has 5 N–H and O–H groups in total. The van der Waals surface area contributed by atoms with Gasteiger partial charge < -0.3 is 26.4 Å². The number of rotatable bonds is 5. The van der Waals surface area contributed by atoms with E-state index in [2.05, 4.69) is 5.32 Å². The highest BCUT2D eigenvalue weighted by Crippen LogP contribution is 2.25. The Labute approximate surface area is 116 Å². The van der Waals surface area contributed by atoms with Crippen molar-refractivity contribution < 1.29 is 14.3 Å². The Morgan fingerprint density at radius 3 is 3.00 bits per heavy atom. The monoisotopic (exact) mass is 278 g/mol. The number of hydrogen-bond donors (Lipinski definition) is 3. The van der Waals surface area contributed by atoms with E-state index in [1.54, 1.807) is 11.9 Å². The van der Waals surface area contributed by atoms with Crippen LogP contribution in [0, 0.1) is 0 Å². The Hall–Kier alpha value is -2.12. The van der Waals surface area contributed by atoms with Gasteiger partial charge in [-0.3, -0.25) is 4.79 Å². The van der Waals surface area contributed by atoms with Gasteiger partial charge in [-0.15, -0.1) is 0 Å². The van der Waals surface area contributed by atoms with E-state index in [9.17, 15) is 9.59 Å². The first-order valence-corrected chi connectivity index (χ1v) is 6.24. The fraction of sp³-hybridized carbons (Fsp3) is 0.385. The number of nitrogens with two attached hydrogens (primary N) is 2. The third-order valence-electron chi connectivity index (χ3n) is 3.09. The molecule has 1 aromatic carbocycles. The molecule has 7 nitrogen and oxygen atoms in total. The number of ether oxygens (including phenoxy) is 1. The zero-order chi connectivity index (χ0) is 14.7. The van der Waals surface area contributed by atoms with Crippen LogP contribution in [0.4, 0.5) is 10.5 Å². The molecule has 0 bridgehead atoms. The summed E-state index contributed by atoms with van der Waals surface area (Å²) in [6.45, 7) is 0.602. The number of nitrogens with one attached hydrogen (secondary N) is 1. The molecule has 0 spiro atoms. The average Bonchev–Trinajstić information content (AvgIpc) is 2.39. The molecule has 20 heavy (non-hydrogen) atoms. The number of carbonyl (C=O) groups is 2. The van der Waals surface area contributed by atoms with Crippen molar-refractivity contribution in [1.82, 2.24) is 4.90 Å². The number of nitrogens with zero attached hydrogens (tertiary/aromatic N) is 1. The van der Waals surface area contributed by atoms with Crippen LogP contribution in [-0.4, -0.2) is 37.1 Å². The van der Waals surface area contributed by atoms with Gasteiger partial charge in [0.25, 0.3) is 0 Å². The molecule has 0 saturated heterocycles. The van der Waals surface area contributed by atoms with Gasteiger partial charge in [-0.05, 0) is 17.2 Å². The van der Waals surface area contributed by atoms with Crippen molar-refractivity contribution in [3.63, 3.8) is 0 Å². The summed E-state index contributed by atoms with van der Waals surface area (Å²) in [4.78, 5) is 23.7. The van der Waals surface area contributed by atoms with E-state index in [0.717, 1.165) is 16.8 Å². The van der Waals surface area contributed by atoms with Crippen LogP contribution in [0.25, 0.3) is 0 Å². The summed E-state index contributed by atoms with van der Waals surface area (Å²) in [5.41, 5.74) is 13.7. The predicted molar refractivity (Wildman–Crippen MR) is 73.9 cm³/mol. The highest BCUT2D eigenvalue weighted by molar-refractivity contribution is 5.92. The smallest absolute Gasteiger partial charge is 0.321 e. The molecule has 2 rings (SSSR count). The highest BCUT2D eigenvalue weighted by atomic mass is 16.5. The van der Waals surface area contributed by atoms with E-state index in [4.69, 9.17) is 16.2 Å². The van der Waals surface area contributed by atoms with Crippen molar-refractivity contribution in [3.05, 3.63) is 29.3 Å². The molecule has 0 aliphatic carbocycles. The van der Waals surface area contributed by atoms with Crippen LogP contribution in [0.5, 0.6) is 0 Å². The van der Waals surface area contributed by atoms with E-state index in [1.807, 2.05) is 18.2 Å². The summed E-state index contributed by atoms with van der Waals surface area (Å²) in [5, 5.41) is 2.79. The minimum absolute atomic E-state index is 0.126. The number of amides is 3. The third kappa shape index (κ3) is 3.25. The van der Waals surface area contributed by atoms with Crippen LogP contribution in [0.3, 0.4) is 0 Å². The Bertz CT molecular complexity index is 532. The molecule has 3 amide bonds. The molecule has 1 unspecified atom stereocenters. The van der Waals surface area contributed by atoms with Crippen molar-refractivity contribution in [1.29, 1.82) is 0 Å². The van der Waals surface area contributed by atoms with Crippen LogP contribution < -0.4 is 16.8 Å². The molecule has 1 aliphatic heterocycles. The first kappa shape index (κ1) is 14.3. The molecule has 0 saturated carbocycles. The van der Waals surface area contributed by atoms with Gasteiger partial charge in [-0.2, -0.15) is 0 Å². The SMILES string of the molecule is CN1Cc2cc(C(N)COCC(N)=O)ccc2NC1=O. The molecular formula is C13H18N4O3. The van der Waals surface area contributed by atoms with Crippen molar-refractivity contribution in [2.24, 2.45) is 11.5 Å². The standard InChI is InChI=1S/C13H18N4O3/c1-17-5-9-4-8(2-3-11(9)16-13(17)19)10(14)6-20-7-12(15)18/h2-4,10H,5-7,14H2,1H3,(H2,15,18)(H,16,19). The lowest BCUT2D eigenvalue weighted by Crippen LogP contribution is -2.35. The first-order chi connectivity index (χ1) is 9.47. The zero-order valence-electron chi connectivity index (χ0n) is 11.3. The predicted octanol–water partition coefficient (Wildman–Crippen LogP) is 0.166. The van der Waals surface area contributed by atoms with Gasteiger partial charge in [0.2, 0.25) is 5.91 Å². The summed E-state index contributed by atoms with van der Waals surface area (Å²) in [6, 6.07) is 5.12. The molecular weight excluding hydrogens is 260 g/mol. The normalized spacial score (nSPS) is 15.5. The number of hydrogen-bond acceptors (Lipinski definition) is 4. The van der Waals surface area contributed by atoms with Crippen LogP contribution in [0.2, 0.25) is 0 Å². The Morgan fingerprint density at radius 1 is 1.55 bits per heavy atom. The summed E-state index contributed by atoms with van der Waals surface area (Å²) in [7, 11) is 1.72. The molecule has 0 aromatic heterocycles. The summed E-state index contributed by atoms with van der Waals surface area (Å²) in [6.07, 6.45) is 0. The largest absolute Gasteiger partial charge is 0.370 e. The molecule has 0 radical (unpaired) electrons. The van der Waals surface area contributed by atoms with Gasteiger partial charge in [0.05, 0.1) is 12.6 Å². The quantitative estimate of drug-likeness (QED) is 0.712. The number of anilines is 1. The number of primary amides is 1. The Kier molecular flexibility index (Phi) is 4.21. The number of carbonyl (C=O) groups excluding carboxylic acids is 2. The molecule has 1 heterocycles. The number of benzene rings is 1. The van der Waals surface area contributed by atoms with Crippen LogP contribution in [0.1, 0.15) is 17.2 Å². The summed E-state index contributed by atoms with van der Waals surface area (Å²) >= 11 is 0. The first-order valence-electron chi connectivity index (χ1n) is 6.24. The van der Waals surface area contributed by atoms with Gasteiger partial charge in [0, 0.05) is 19.3 Å². The second-order valence-electron chi connectivity index (χ2n) is 4.79. The minimum Gasteiger partial charge on any atom is -0.370 e. The molecule has 7 heteroatoms. The van der Waals surface area contributed by atoms with Crippen molar-refractivity contribution in [3.8, 4) is 0 Å². The van der Waals surface area contributed by atoms with Gasteiger partial charge >= 0.3 is 6.03 Å². The van der Waals surface area contributed by atoms with Gasteiger partial charge in [-0.25, -0.2) is 4.79 Å². The van der Waals surface area contributed by atoms with E-state index in [-0.39, 0.29) is 25.3 Å². The van der Waals surface area contributed by atoms with Crippen molar-refractivity contribution in [2.75, 3.05) is 25.6 Å². The van der Waals surface area contributed by atoms with Crippen LogP contribution >= 0.6 is 0 Å². The molecule has 1 atom stereocenters. The fourth-order valence-corrected chi connectivity index (χ4v) is 2.02. The molecule has 1 aliphatic rings. The maximum Gasteiger partial charge on any atom is 0.321 e. The lowest BCUT2D eigenvalue weighted by molar-refractivity contribution is -0.122. The zero-order valence-corrected chi connectivity index (χ0v) is 11.3. The highest BCUT2D eigenvalue weighted by Gasteiger charge is 2.20. The number of urea groups is 1. The van der Waals surface area contributed by atoms with E-state index >= 15 is 0 Å².